The van der Waals surface area contributed by atoms with Gasteiger partial charge in [-0.2, -0.15) is 10.4 Å². The molecule has 1 N–H and O–H groups in total. The summed E-state index contributed by atoms with van der Waals surface area (Å²) in [5.74, 6) is -0.421. The Labute approximate surface area is 183 Å². The number of nitrogens with zero attached hydrogens (tertiary/aromatic N) is 4. The first-order valence-corrected chi connectivity index (χ1v) is 10.9. The van der Waals surface area contributed by atoms with Crippen molar-refractivity contribution in [2.45, 2.75) is 39.5 Å². The lowest BCUT2D eigenvalue weighted by Gasteiger charge is -2.10. The number of carbonyl (C=O) groups excluding carboxylic acids is 1. The molecular weight excluding hydrogens is 418 g/mol. The first-order valence-electron chi connectivity index (χ1n) is 9.69. The van der Waals surface area contributed by atoms with Gasteiger partial charge in [-0.05, 0) is 63.3 Å². The molecular formula is C22H20ClN5OS. The van der Waals surface area contributed by atoms with Crippen LogP contribution >= 0.6 is 22.9 Å². The lowest BCUT2D eigenvalue weighted by molar-refractivity contribution is 0.0955. The summed E-state index contributed by atoms with van der Waals surface area (Å²) in [6.45, 7) is 4.01. The number of amides is 1. The van der Waals surface area contributed by atoms with Crippen LogP contribution in [0.2, 0.25) is 5.15 Å². The Morgan fingerprint density at radius 2 is 2.20 bits per heavy atom. The predicted molar refractivity (Wildman–Crippen MR) is 119 cm³/mol. The van der Waals surface area contributed by atoms with Gasteiger partial charge < -0.3 is 4.57 Å². The molecule has 3 aromatic heterocycles. The van der Waals surface area contributed by atoms with Crippen molar-refractivity contribution < 1.29 is 4.79 Å². The van der Waals surface area contributed by atoms with E-state index in [1.165, 1.54) is 23.1 Å². The normalized spacial score (nSPS) is 13.3. The maximum absolute atomic E-state index is 12.2. The Hall–Kier alpha value is -2.95. The summed E-state index contributed by atoms with van der Waals surface area (Å²) in [5.41, 5.74) is 7.63. The lowest BCUT2D eigenvalue weighted by atomic mass is 9.96. The molecule has 0 fully saturated rings. The summed E-state index contributed by atoms with van der Waals surface area (Å²) in [4.78, 5) is 17.5. The molecule has 8 heteroatoms. The fourth-order valence-electron chi connectivity index (χ4n) is 3.83. The topological polar surface area (TPSA) is 83.1 Å². The van der Waals surface area contributed by atoms with Crippen molar-refractivity contribution in [1.29, 1.82) is 5.26 Å². The van der Waals surface area contributed by atoms with Crippen LogP contribution in [-0.2, 0) is 12.8 Å². The van der Waals surface area contributed by atoms with Gasteiger partial charge in [0, 0.05) is 28.0 Å². The standard InChI is InChI=1S/C22H20ClN5OS/c1-13-10-15(12-26-27-21(29)17-7-5-9-25-20(17)23)14(2)28(13)22-18(11-24)16-6-3-4-8-19(16)30-22/h5,7,9-10,12H,3-4,6,8H2,1-2H3,(H,27,29). The van der Waals surface area contributed by atoms with E-state index in [9.17, 15) is 10.1 Å². The molecule has 0 radical (unpaired) electrons. The van der Waals surface area contributed by atoms with E-state index in [0.29, 0.717) is 0 Å². The number of pyridine rings is 1. The van der Waals surface area contributed by atoms with Crippen LogP contribution in [0.25, 0.3) is 5.00 Å². The SMILES string of the molecule is Cc1cc(C=NNC(=O)c2cccnc2Cl)c(C)n1-c1sc2c(c1C#N)CCCC2. The first-order chi connectivity index (χ1) is 14.5. The summed E-state index contributed by atoms with van der Waals surface area (Å²) in [6, 6.07) is 7.67. The van der Waals surface area contributed by atoms with Crippen molar-refractivity contribution in [1.82, 2.24) is 15.0 Å². The molecule has 0 saturated carbocycles. The van der Waals surface area contributed by atoms with Gasteiger partial charge in [0.15, 0.2) is 0 Å². The second kappa shape index (κ2) is 8.42. The first kappa shape index (κ1) is 20.3. The van der Waals surface area contributed by atoms with Crippen LogP contribution in [-0.4, -0.2) is 21.7 Å². The van der Waals surface area contributed by atoms with Crippen LogP contribution in [0.1, 0.15) is 56.2 Å². The molecule has 0 aromatic carbocycles. The maximum atomic E-state index is 12.2. The lowest BCUT2D eigenvalue weighted by Crippen LogP contribution is -2.18. The quantitative estimate of drug-likeness (QED) is 0.364. The number of halogens is 1. The minimum Gasteiger partial charge on any atom is -0.308 e. The number of nitrogens with one attached hydrogen (secondary N) is 1. The molecule has 1 aliphatic rings. The number of nitriles is 1. The molecule has 0 atom stereocenters. The molecule has 3 aromatic rings. The minimum atomic E-state index is -0.421. The molecule has 6 nitrogen and oxygen atoms in total. The summed E-state index contributed by atoms with van der Waals surface area (Å²) in [5, 5.41) is 15.0. The summed E-state index contributed by atoms with van der Waals surface area (Å²) >= 11 is 7.66. The number of fused-ring (bicyclic) bond motifs is 1. The van der Waals surface area contributed by atoms with Gasteiger partial charge in [-0.15, -0.1) is 11.3 Å². The smallest absolute Gasteiger partial charge is 0.274 e. The van der Waals surface area contributed by atoms with Gasteiger partial charge in [0.2, 0.25) is 0 Å². The third kappa shape index (κ3) is 3.64. The van der Waals surface area contributed by atoms with Crippen LogP contribution in [0.4, 0.5) is 0 Å². The summed E-state index contributed by atoms with van der Waals surface area (Å²) < 4.78 is 2.11. The van der Waals surface area contributed by atoms with E-state index >= 15 is 0 Å². The van der Waals surface area contributed by atoms with Crippen LogP contribution in [0, 0.1) is 25.2 Å². The van der Waals surface area contributed by atoms with Gasteiger partial charge in [-0.1, -0.05) is 11.6 Å². The molecule has 0 spiro atoms. The monoisotopic (exact) mass is 437 g/mol. The number of carbonyl (C=O) groups is 1. The highest BCUT2D eigenvalue weighted by Crippen LogP contribution is 2.38. The van der Waals surface area contributed by atoms with Crippen molar-refractivity contribution in [2.24, 2.45) is 5.10 Å². The van der Waals surface area contributed by atoms with Gasteiger partial charge in [0.25, 0.3) is 5.91 Å². The van der Waals surface area contributed by atoms with E-state index in [1.54, 1.807) is 29.7 Å². The third-order valence-corrected chi connectivity index (χ3v) is 6.89. The molecule has 3 heterocycles. The zero-order valence-electron chi connectivity index (χ0n) is 16.7. The summed E-state index contributed by atoms with van der Waals surface area (Å²) in [7, 11) is 0. The molecule has 1 aliphatic carbocycles. The van der Waals surface area contributed by atoms with Gasteiger partial charge in [-0.3, -0.25) is 4.79 Å². The molecule has 0 bridgehead atoms. The average Bonchev–Trinajstić information content (AvgIpc) is 3.24. The van der Waals surface area contributed by atoms with Crippen molar-refractivity contribution in [3.05, 3.63) is 68.1 Å². The molecule has 0 aliphatic heterocycles. The molecule has 4 rings (SSSR count). The number of rotatable bonds is 4. The number of aromatic nitrogens is 2. The Bertz CT molecular complexity index is 1200. The third-order valence-electron chi connectivity index (χ3n) is 5.31. The van der Waals surface area contributed by atoms with Crippen LogP contribution in [0.5, 0.6) is 0 Å². The summed E-state index contributed by atoms with van der Waals surface area (Å²) in [6.07, 6.45) is 7.48. The van der Waals surface area contributed by atoms with Crippen LogP contribution < -0.4 is 5.43 Å². The molecule has 0 saturated heterocycles. The maximum Gasteiger partial charge on any atom is 0.274 e. The minimum absolute atomic E-state index is 0.133. The fraction of sp³-hybridized carbons (Fsp3) is 0.273. The van der Waals surface area contributed by atoms with Crippen molar-refractivity contribution in [3.8, 4) is 11.1 Å². The molecule has 1 amide bonds. The van der Waals surface area contributed by atoms with Gasteiger partial charge >= 0.3 is 0 Å². The highest BCUT2D eigenvalue weighted by molar-refractivity contribution is 7.15. The van der Waals surface area contributed by atoms with Gasteiger partial charge in [0.1, 0.15) is 16.2 Å². The number of hydrogen-bond acceptors (Lipinski definition) is 5. The second-order valence-corrected chi connectivity index (χ2v) is 8.65. The second-order valence-electron chi connectivity index (χ2n) is 7.21. The Balaban J connectivity index is 1.61. The van der Waals surface area contributed by atoms with Crippen LogP contribution in [0.15, 0.2) is 29.5 Å². The highest BCUT2D eigenvalue weighted by Gasteiger charge is 2.23. The number of hydrazone groups is 1. The van der Waals surface area contributed by atoms with E-state index in [1.807, 2.05) is 19.9 Å². The fourth-order valence-corrected chi connectivity index (χ4v) is 5.49. The average molecular weight is 438 g/mol. The van der Waals surface area contributed by atoms with Crippen molar-refractivity contribution in [2.75, 3.05) is 0 Å². The predicted octanol–water partition coefficient (Wildman–Crippen LogP) is 4.72. The van der Waals surface area contributed by atoms with Gasteiger partial charge in [-0.25, -0.2) is 10.4 Å². The van der Waals surface area contributed by atoms with Crippen molar-refractivity contribution in [3.63, 3.8) is 0 Å². The molecule has 0 unspecified atom stereocenters. The highest BCUT2D eigenvalue weighted by atomic mass is 35.5. The van der Waals surface area contributed by atoms with E-state index in [-0.39, 0.29) is 10.7 Å². The molecule has 152 valence electrons. The molecule has 30 heavy (non-hydrogen) atoms. The van der Waals surface area contributed by atoms with Crippen molar-refractivity contribution >= 4 is 35.1 Å². The van der Waals surface area contributed by atoms with Crippen LogP contribution in [0.3, 0.4) is 0 Å². The van der Waals surface area contributed by atoms with Gasteiger partial charge in [0.05, 0.1) is 17.3 Å². The van der Waals surface area contributed by atoms with E-state index in [2.05, 4.69) is 26.1 Å². The Morgan fingerprint density at radius 3 is 2.97 bits per heavy atom. The zero-order valence-corrected chi connectivity index (χ0v) is 18.3. The van der Waals surface area contributed by atoms with E-state index in [0.717, 1.165) is 46.8 Å². The zero-order chi connectivity index (χ0) is 21.3. The van der Waals surface area contributed by atoms with E-state index in [4.69, 9.17) is 11.6 Å². The Morgan fingerprint density at radius 1 is 1.40 bits per heavy atom. The number of aryl methyl sites for hydroxylation is 2. The Kier molecular flexibility index (Phi) is 5.71. The largest absolute Gasteiger partial charge is 0.308 e. The number of hydrogen-bond donors (Lipinski definition) is 1. The number of thiophene rings is 1. The van der Waals surface area contributed by atoms with E-state index < -0.39 is 5.91 Å².